The van der Waals surface area contributed by atoms with Crippen molar-refractivity contribution in [1.82, 2.24) is 0 Å². The summed E-state index contributed by atoms with van der Waals surface area (Å²) in [6, 6.07) is 8.03. The summed E-state index contributed by atoms with van der Waals surface area (Å²) >= 11 is 5.09. The summed E-state index contributed by atoms with van der Waals surface area (Å²) in [6.45, 7) is 0. The number of rotatable bonds is 3. The fourth-order valence-corrected chi connectivity index (χ4v) is 5.32. The van der Waals surface area contributed by atoms with E-state index in [0.29, 0.717) is 0 Å². The molecule has 1 aromatic carbocycles. The molecule has 0 aliphatic carbocycles. The second-order valence-electron chi connectivity index (χ2n) is 3.75. The monoisotopic (exact) mass is 318 g/mol. The van der Waals surface area contributed by atoms with E-state index in [1.54, 1.807) is 11.3 Å². The summed E-state index contributed by atoms with van der Waals surface area (Å²) < 4.78 is 23.7. The van der Waals surface area contributed by atoms with Crippen LogP contribution in [0, 0.1) is 0 Å². The molecule has 1 unspecified atom stereocenters. The van der Waals surface area contributed by atoms with Crippen LogP contribution in [0.15, 0.2) is 29.6 Å². The number of hydrogen-bond donors (Lipinski definition) is 0. The van der Waals surface area contributed by atoms with Crippen LogP contribution in [0.3, 0.4) is 0 Å². The molecule has 1 atom stereocenters. The lowest BCUT2D eigenvalue weighted by Gasteiger charge is -2.07. The zero-order valence-electron chi connectivity index (χ0n) is 8.68. The maximum atomic E-state index is 11.2. The van der Waals surface area contributed by atoms with Crippen molar-refractivity contribution in [2.24, 2.45) is 0 Å². The molecule has 2 aromatic rings. The van der Waals surface area contributed by atoms with E-state index in [2.05, 4.69) is 15.9 Å². The molecule has 2 nitrogen and oxygen atoms in total. The fraction of sp³-hybridized carbons (Fsp3) is 0.273. The van der Waals surface area contributed by atoms with Gasteiger partial charge in [-0.25, -0.2) is 8.42 Å². The average molecular weight is 319 g/mol. The first-order valence-electron chi connectivity index (χ1n) is 4.75. The van der Waals surface area contributed by atoms with Gasteiger partial charge in [-0.3, -0.25) is 0 Å². The highest BCUT2D eigenvalue weighted by molar-refractivity contribution is 9.09. The van der Waals surface area contributed by atoms with Gasteiger partial charge >= 0.3 is 0 Å². The molecule has 0 N–H and O–H groups in total. The molecule has 1 aromatic heterocycles. The van der Waals surface area contributed by atoms with E-state index in [-0.39, 0.29) is 10.6 Å². The van der Waals surface area contributed by atoms with Crippen LogP contribution in [-0.4, -0.2) is 20.4 Å². The third-order valence-electron chi connectivity index (χ3n) is 2.30. The van der Waals surface area contributed by atoms with Gasteiger partial charge in [0, 0.05) is 11.0 Å². The van der Waals surface area contributed by atoms with E-state index in [9.17, 15) is 8.42 Å². The largest absolute Gasteiger partial charge is 0.229 e. The number of halogens is 1. The molecule has 0 aliphatic heterocycles. The van der Waals surface area contributed by atoms with Gasteiger partial charge in [0.05, 0.1) is 10.6 Å². The van der Waals surface area contributed by atoms with Crippen molar-refractivity contribution < 1.29 is 8.42 Å². The predicted molar refractivity (Wildman–Crippen MR) is 73.2 cm³/mol. The summed E-state index contributed by atoms with van der Waals surface area (Å²) in [5, 5.41) is 3.16. The number of benzene rings is 1. The molecule has 0 bridgehead atoms. The average Bonchev–Trinajstić information content (AvgIpc) is 2.58. The van der Waals surface area contributed by atoms with Gasteiger partial charge in [0.1, 0.15) is 9.84 Å². The lowest BCUT2D eigenvalue weighted by atomic mass is 10.1. The highest BCUT2D eigenvalue weighted by Gasteiger charge is 2.17. The molecule has 1 heterocycles. The van der Waals surface area contributed by atoms with Crippen LogP contribution in [0.4, 0.5) is 0 Å². The van der Waals surface area contributed by atoms with E-state index < -0.39 is 9.84 Å². The Balaban J connectivity index is 2.40. The standard InChI is InChI=1S/C11H11BrO2S2/c1-16(13,14)7-10(12)9-6-15-11-5-3-2-4-8(9)11/h2-6,10H,7H2,1H3. The highest BCUT2D eigenvalue weighted by Crippen LogP contribution is 2.34. The molecule has 0 aliphatic rings. The molecule has 2 rings (SSSR count). The van der Waals surface area contributed by atoms with E-state index in [0.717, 1.165) is 10.9 Å². The van der Waals surface area contributed by atoms with Crippen molar-refractivity contribution in [1.29, 1.82) is 0 Å². The van der Waals surface area contributed by atoms with Crippen LogP contribution in [0.5, 0.6) is 0 Å². The first-order chi connectivity index (χ1) is 7.47. The molecule has 5 heteroatoms. The van der Waals surface area contributed by atoms with Gasteiger partial charge in [0.2, 0.25) is 0 Å². The topological polar surface area (TPSA) is 34.1 Å². The van der Waals surface area contributed by atoms with Gasteiger partial charge < -0.3 is 0 Å². The van der Waals surface area contributed by atoms with Gasteiger partial charge in [0.15, 0.2) is 0 Å². The maximum absolute atomic E-state index is 11.2. The van der Waals surface area contributed by atoms with E-state index in [1.807, 2.05) is 29.6 Å². The number of alkyl halides is 1. The quantitative estimate of drug-likeness (QED) is 0.813. The molecule has 0 saturated carbocycles. The molecule has 0 radical (unpaired) electrons. The smallest absolute Gasteiger partial charge is 0.148 e. The van der Waals surface area contributed by atoms with Crippen LogP contribution in [0.2, 0.25) is 0 Å². The van der Waals surface area contributed by atoms with Crippen molar-refractivity contribution in [2.75, 3.05) is 12.0 Å². The zero-order valence-corrected chi connectivity index (χ0v) is 11.9. The third-order valence-corrected chi connectivity index (χ3v) is 5.46. The van der Waals surface area contributed by atoms with Gasteiger partial charge in [-0.2, -0.15) is 0 Å². The van der Waals surface area contributed by atoms with Gasteiger partial charge in [-0.1, -0.05) is 34.1 Å². The lowest BCUT2D eigenvalue weighted by molar-refractivity contribution is 0.601. The number of thiophene rings is 1. The fourth-order valence-electron chi connectivity index (χ4n) is 1.60. The molecular weight excluding hydrogens is 308 g/mol. The van der Waals surface area contributed by atoms with Crippen LogP contribution < -0.4 is 0 Å². The predicted octanol–water partition coefficient (Wildman–Crippen LogP) is 3.38. The first-order valence-corrected chi connectivity index (χ1v) is 8.61. The second kappa shape index (κ2) is 4.47. The zero-order chi connectivity index (χ0) is 11.8. The first kappa shape index (κ1) is 12.1. The molecule has 0 spiro atoms. The van der Waals surface area contributed by atoms with Crippen LogP contribution in [0.25, 0.3) is 10.1 Å². The van der Waals surface area contributed by atoms with Crippen molar-refractivity contribution in [3.05, 3.63) is 35.2 Å². The minimum atomic E-state index is -2.96. The molecule has 86 valence electrons. The number of hydrogen-bond acceptors (Lipinski definition) is 3. The molecule has 0 saturated heterocycles. The normalized spacial score (nSPS) is 14.1. The Bertz CT molecular complexity index is 601. The van der Waals surface area contributed by atoms with Crippen molar-refractivity contribution in [3.63, 3.8) is 0 Å². The SMILES string of the molecule is CS(=O)(=O)CC(Br)c1csc2ccccc12. The van der Waals surface area contributed by atoms with Crippen LogP contribution in [-0.2, 0) is 9.84 Å². The van der Waals surface area contributed by atoms with E-state index >= 15 is 0 Å². The summed E-state index contributed by atoms with van der Waals surface area (Å²) in [4.78, 5) is -0.126. The lowest BCUT2D eigenvalue weighted by Crippen LogP contribution is -2.08. The number of sulfone groups is 1. The molecule has 0 fully saturated rings. The maximum Gasteiger partial charge on any atom is 0.148 e. The molecule has 0 amide bonds. The van der Waals surface area contributed by atoms with Crippen LogP contribution >= 0.6 is 27.3 Å². The summed E-state index contributed by atoms with van der Waals surface area (Å²) in [5.74, 6) is 0.133. The number of fused-ring (bicyclic) bond motifs is 1. The Morgan fingerprint density at radius 1 is 1.38 bits per heavy atom. The van der Waals surface area contributed by atoms with Crippen molar-refractivity contribution in [2.45, 2.75) is 4.83 Å². The minimum absolute atomic E-state index is 0.126. The third kappa shape index (κ3) is 2.64. The van der Waals surface area contributed by atoms with E-state index in [4.69, 9.17) is 0 Å². The molecular formula is C11H11BrO2S2. The van der Waals surface area contributed by atoms with E-state index in [1.165, 1.54) is 11.0 Å². The summed E-state index contributed by atoms with van der Waals surface area (Å²) in [6.07, 6.45) is 1.26. The summed E-state index contributed by atoms with van der Waals surface area (Å²) in [5.41, 5.74) is 1.06. The Morgan fingerprint density at radius 3 is 2.75 bits per heavy atom. The Labute approximate surface area is 107 Å². The second-order valence-corrected chi connectivity index (χ2v) is 7.95. The van der Waals surface area contributed by atoms with Gasteiger partial charge in [-0.05, 0) is 22.4 Å². The molecule has 16 heavy (non-hydrogen) atoms. The Morgan fingerprint density at radius 2 is 2.06 bits per heavy atom. The highest BCUT2D eigenvalue weighted by atomic mass is 79.9. The minimum Gasteiger partial charge on any atom is -0.229 e. The van der Waals surface area contributed by atoms with Gasteiger partial charge in [-0.15, -0.1) is 11.3 Å². The van der Waals surface area contributed by atoms with Crippen molar-refractivity contribution in [3.8, 4) is 0 Å². The van der Waals surface area contributed by atoms with Crippen molar-refractivity contribution >= 4 is 47.2 Å². The van der Waals surface area contributed by atoms with Gasteiger partial charge in [0.25, 0.3) is 0 Å². The summed E-state index contributed by atoms with van der Waals surface area (Å²) in [7, 11) is -2.96. The Kier molecular flexibility index (Phi) is 3.37. The Hall–Kier alpha value is -0.390. The van der Waals surface area contributed by atoms with Crippen LogP contribution in [0.1, 0.15) is 10.4 Å².